The van der Waals surface area contributed by atoms with Gasteiger partial charge in [0.1, 0.15) is 5.82 Å². The molecule has 2 aromatic rings. The van der Waals surface area contributed by atoms with Crippen molar-refractivity contribution in [2.24, 2.45) is 0 Å². The smallest absolute Gasteiger partial charge is 0.214 e. The van der Waals surface area contributed by atoms with Crippen molar-refractivity contribution >= 4 is 5.82 Å². The topological polar surface area (TPSA) is 52.6 Å². The van der Waals surface area contributed by atoms with Crippen LogP contribution in [0.4, 0.5) is 5.82 Å². The lowest BCUT2D eigenvalue weighted by molar-refractivity contribution is 0.354. The van der Waals surface area contributed by atoms with Crippen LogP contribution in [0.3, 0.4) is 0 Å². The molecule has 0 radical (unpaired) electrons. The highest BCUT2D eigenvalue weighted by Gasteiger charge is 2.11. The second kappa shape index (κ2) is 6.83. The molecular formula is C16H20N2O3. The predicted molar refractivity (Wildman–Crippen MR) is 82.4 cm³/mol. The van der Waals surface area contributed by atoms with Crippen molar-refractivity contribution < 1.29 is 14.2 Å². The van der Waals surface area contributed by atoms with Crippen molar-refractivity contribution in [2.45, 2.75) is 13.0 Å². The molecular weight excluding hydrogens is 268 g/mol. The molecule has 1 heterocycles. The van der Waals surface area contributed by atoms with Crippen LogP contribution in [-0.4, -0.2) is 26.3 Å². The molecule has 0 fully saturated rings. The van der Waals surface area contributed by atoms with Crippen molar-refractivity contribution in [1.29, 1.82) is 0 Å². The van der Waals surface area contributed by atoms with Crippen LogP contribution in [0.15, 0.2) is 36.4 Å². The van der Waals surface area contributed by atoms with Crippen LogP contribution in [0.2, 0.25) is 0 Å². The van der Waals surface area contributed by atoms with Gasteiger partial charge in [0.15, 0.2) is 11.5 Å². The third-order valence-corrected chi connectivity index (χ3v) is 3.20. The molecule has 0 bridgehead atoms. The number of hydrogen-bond acceptors (Lipinski definition) is 5. The maximum atomic E-state index is 5.33. The SMILES string of the molecule is COc1cccc(NC(C)c2ccc(OC)c(OC)c2)n1. The van der Waals surface area contributed by atoms with Gasteiger partial charge in [-0.3, -0.25) is 0 Å². The van der Waals surface area contributed by atoms with Crippen molar-refractivity contribution in [3.8, 4) is 17.4 Å². The first-order chi connectivity index (χ1) is 10.2. The molecule has 1 aromatic carbocycles. The molecule has 1 aromatic heterocycles. The Morgan fingerprint density at radius 2 is 1.71 bits per heavy atom. The number of methoxy groups -OCH3 is 3. The summed E-state index contributed by atoms with van der Waals surface area (Å²) in [5.74, 6) is 2.77. The number of benzene rings is 1. The second-order valence-electron chi connectivity index (χ2n) is 4.55. The lowest BCUT2D eigenvalue weighted by atomic mass is 10.1. The number of pyridine rings is 1. The third kappa shape index (κ3) is 3.56. The van der Waals surface area contributed by atoms with Crippen molar-refractivity contribution in [3.63, 3.8) is 0 Å². The number of nitrogens with one attached hydrogen (secondary N) is 1. The molecule has 1 N–H and O–H groups in total. The maximum absolute atomic E-state index is 5.33. The van der Waals surface area contributed by atoms with E-state index in [1.807, 2.05) is 36.4 Å². The number of anilines is 1. The Morgan fingerprint density at radius 3 is 2.38 bits per heavy atom. The predicted octanol–water partition coefficient (Wildman–Crippen LogP) is 3.28. The molecule has 0 saturated carbocycles. The van der Waals surface area contributed by atoms with E-state index in [0.29, 0.717) is 17.4 Å². The fourth-order valence-corrected chi connectivity index (χ4v) is 2.04. The van der Waals surface area contributed by atoms with E-state index in [-0.39, 0.29) is 6.04 Å². The number of ether oxygens (including phenoxy) is 3. The first-order valence-electron chi connectivity index (χ1n) is 6.67. The summed E-state index contributed by atoms with van der Waals surface area (Å²) in [6.45, 7) is 2.06. The molecule has 21 heavy (non-hydrogen) atoms. The highest BCUT2D eigenvalue weighted by atomic mass is 16.5. The van der Waals surface area contributed by atoms with Crippen LogP contribution in [0.1, 0.15) is 18.5 Å². The van der Waals surface area contributed by atoms with Crippen LogP contribution in [0, 0.1) is 0 Å². The van der Waals surface area contributed by atoms with E-state index in [2.05, 4.69) is 17.2 Å². The van der Waals surface area contributed by atoms with Gasteiger partial charge in [0.05, 0.1) is 27.4 Å². The molecule has 112 valence electrons. The van der Waals surface area contributed by atoms with Crippen LogP contribution >= 0.6 is 0 Å². The molecule has 0 saturated heterocycles. The van der Waals surface area contributed by atoms with E-state index in [1.54, 1.807) is 21.3 Å². The molecule has 1 atom stereocenters. The number of aromatic nitrogens is 1. The summed E-state index contributed by atoms with van der Waals surface area (Å²) in [6.07, 6.45) is 0. The zero-order valence-corrected chi connectivity index (χ0v) is 12.7. The van der Waals surface area contributed by atoms with E-state index in [4.69, 9.17) is 14.2 Å². The van der Waals surface area contributed by atoms with E-state index >= 15 is 0 Å². The summed E-state index contributed by atoms with van der Waals surface area (Å²) in [4.78, 5) is 4.34. The standard InChI is InChI=1S/C16H20N2O3/c1-11(17-15-6-5-7-16(18-15)21-4)12-8-9-13(19-2)14(10-12)20-3/h5-11H,1-4H3,(H,17,18). The maximum Gasteiger partial charge on any atom is 0.214 e. The Labute approximate surface area is 124 Å². The van der Waals surface area contributed by atoms with Crippen molar-refractivity contribution in [3.05, 3.63) is 42.0 Å². The molecule has 0 aliphatic rings. The molecule has 2 rings (SSSR count). The van der Waals surface area contributed by atoms with Gasteiger partial charge in [-0.05, 0) is 30.7 Å². The summed E-state index contributed by atoms with van der Waals surface area (Å²) < 4.78 is 15.7. The van der Waals surface area contributed by atoms with Gasteiger partial charge in [-0.15, -0.1) is 0 Å². The highest BCUT2D eigenvalue weighted by Crippen LogP contribution is 2.30. The molecule has 1 unspecified atom stereocenters. The molecule has 5 nitrogen and oxygen atoms in total. The Kier molecular flexibility index (Phi) is 4.87. The number of rotatable bonds is 6. The van der Waals surface area contributed by atoms with Gasteiger partial charge >= 0.3 is 0 Å². The quantitative estimate of drug-likeness (QED) is 0.884. The average molecular weight is 288 g/mol. The van der Waals surface area contributed by atoms with Crippen molar-refractivity contribution in [1.82, 2.24) is 4.98 Å². The van der Waals surface area contributed by atoms with Gasteiger partial charge in [-0.25, -0.2) is 0 Å². The van der Waals surface area contributed by atoms with E-state index < -0.39 is 0 Å². The minimum Gasteiger partial charge on any atom is -0.493 e. The van der Waals surface area contributed by atoms with E-state index in [9.17, 15) is 0 Å². The van der Waals surface area contributed by atoms with E-state index in [0.717, 1.165) is 11.4 Å². The van der Waals surface area contributed by atoms with E-state index in [1.165, 1.54) is 0 Å². The normalized spacial score (nSPS) is 11.6. The average Bonchev–Trinajstić information content (AvgIpc) is 2.54. The summed E-state index contributed by atoms with van der Waals surface area (Å²) in [7, 11) is 4.85. The van der Waals surface area contributed by atoms with Crippen LogP contribution in [0.5, 0.6) is 17.4 Å². The first-order valence-corrected chi connectivity index (χ1v) is 6.67. The van der Waals surface area contributed by atoms with Crippen LogP contribution in [0.25, 0.3) is 0 Å². The number of hydrogen-bond donors (Lipinski definition) is 1. The fourth-order valence-electron chi connectivity index (χ4n) is 2.04. The minimum absolute atomic E-state index is 0.0735. The zero-order chi connectivity index (χ0) is 15.2. The second-order valence-corrected chi connectivity index (χ2v) is 4.55. The first kappa shape index (κ1) is 15.0. The molecule has 0 aliphatic carbocycles. The third-order valence-electron chi connectivity index (χ3n) is 3.20. The fraction of sp³-hybridized carbons (Fsp3) is 0.312. The summed E-state index contributed by atoms with van der Waals surface area (Å²) in [6, 6.07) is 11.5. The largest absolute Gasteiger partial charge is 0.493 e. The lowest BCUT2D eigenvalue weighted by Crippen LogP contribution is -2.08. The Morgan fingerprint density at radius 1 is 0.952 bits per heavy atom. The van der Waals surface area contributed by atoms with Gasteiger partial charge in [0.2, 0.25) is 5.88 Å². The van der Waals surface area contributed by atoms with Crippen LogP contribution < -0.4 is 19.5 Å². The number of nitrogens with zero attached hydrogens (tertiary/aromatic N) is 1. The van der Waals surface area contributed by atoms with Gasteiger partial charge in [0.25, 0.3) is 0 Å². The summed E-state index contributed by atoms with van der Waals surface area (Å²) >= 11 is 0. The molecule has 5 heteroatoms. The Bertz CT molecular complexity index is 602. The Hall–Kier alpha value is -2.43. The molecule has 0 spiro atoms. The van der Waals surface area contributed by atoms with Gasteiger partial charge in [-0.1, -0.05) is 12.1 Å². The molecule has 0 aliphatic heterocycles. The summed E-state index contributed by atoms with van der Waals surface area (Å²) in [5.41, 5.74) is 1.08. The monoisotopic (exact) mass is 288 g/mol. The van der Waals surface area contributed by atoms with Gasteiger partial charge in [0, 0.05) is 6.07 Å². The lowest BCUT2D eigenvalue weighted by Gasteiger charge is -2.17. The van der Waals surface area contributed by atoms with Gasteiger partial charge < -0.3 is 19.5 Å². The van der Waals surface area contributed by atoms with Crippen molar-refractivity contribution in [2.75, 3.05) is 26.6 Å². The Balaban J connectivity index is 2.17. The minimum atomic E-state index is 0.0735. The van der Waals surface area contributed by atoms with Crippen LogP contribution in [-0.2, 0) is 0 Å². The zero-order valence-electron chi connectivity index (χ0n) is 12.7. The molecule has 0 amide bonds. The summed E-state index contributed by atoms with van der Waals surface area (Å²) in [5, 5.41) is 3.33. The highest BCUT2D eigenvalue weighted by molar-refractivity contribution is 5.46. The van der Waals surface area contributed by atoms with Gasteiger partial charge in [-0.2, -0.15) is 4.98 Å².